The highest BCUT2D eigenvalue weighted by Crippen LogP contribution is 2.34. The van der Waals surface area contributed by atoms with Crippen LogP contribution in [0.5, 0.6) is 5.75 Å². The SMILES string of the molecule is CC[C@H](C)[C@@H]([C@H](CC(=O)N1CCC[C@H]1[C@H](OC)[C@@H](C)C(=O)N[C@@H](Cc1ccccc1)C(=O)O)OC)N(C)C(=O)[C@@H](NC(=O)[C@H](C(C)C)[N+](C)(C)Cc1ccc(O[C@@H]2O[C@H](C(=O)O)[C@@H](O)[C@@H](O)[C@@H]2O)c(NC(=O)CCNC(=O)[C@H](CNC(=O)OC(C)(C)C)N2C(=O)C=CC2=O)c1)C(C)C. The molecule has 2 aromatic carbocycles. The van der Waals surface area contributed by atoms with Crippen LogP contribution in [0.3, 0.4) is 0 Å². The van der Waals surface area contributed by atoms with Crippen molar-refractivity contribution in [3.05, 3.63) is 71.8 Å². The summed E-state index contributed by atoms with van der Waals surface area (Å²) in [6.07, 6.45) is -9.67. The summed E-state index contributed by atoms with van der Waals surface area (Å²) < 4.78 is 28.5. The van der Waals surface area contributed by atoms with Crippen LogP contribution in [0.15, 0.2) is 60.7 Å². The van der Waals surface area contributed by atoms with Crippen molar-refractivity contribution in [2.45, 2.75) is 199 Å². The first-order valence-electron chi connectivity index (χ1n) is 33.0. The van der Waals surface area contributed by atoms with Crippen LogP contribution in [0.4, 0.5) is 10.5 Å². The lowest BCUT2D eigenvalue weighted by Crippen LogP contribution is -2.63. The average molecular weight is 1380 g/mol. The number of carboxylic acid groups (broad SMARTS) is 2. The standard InChI is InChI=1S/C68H101N9O21/c1-16-38(6)53(47(94-14)33-51(81)75-30-20-23-44(75)58(95-15)39(7)60(85)72-43(64(89)90)31-40-21-18-17-19-22-40)74(11)63(88)52(36(2)3)73-62(87)54(37(4)5)77(12,13)35-41-24-25-46(96-66-57(84)55(82)56(83)59(97-66)65(91)92)42(32-41)71-48(78)28-29-69-61(86)45(76-49(79)26-27-50(76)80)34-70-67(93)98-68(8,9)10/h17-19,21-22,24-27,32,36-39,43-45,47,52-59,66,82-84H,16,20,23,28-31,33-35H2,1-15H3,(H6-,69,70,71,72,73,78,85,86,87,89,90,91,92,93)/p+1/t38-,39+,43-,44-,45-,47-,52-,53-,54-,55+,56-,57-,58+,59-,66+/m0/s1. The van der Waals surface area contributed by atoms with Gasteiger partial charge in [0.15, 0.2) is 12.1 Å². The molecule has 9 amide bonds. The molecule has 0 aromatic heterocycles. The number of anilines is 1. The van der Waals surface area contributed by atoms with E-state index in [1.54, 1.807) is 104 Å². The van der Waals surface area contributed by atoms with Gasteiger partial charge in [0.2, 0.25) is 35.8 Å². The monoisotopic (exact) mass is 1380 g/mol. The molecule has 0 spiro atoms. The van der Waals surface area contributed by atoms with Crippen LogP contribution < -0.4 is 31.3 Å². The maximum absolute atomic E-state index is 15.1. The molecular weight excluding hydrogens is 1280 g/mol. The van der Waals surface area contributed by atoms with E-state index in [0.29, 0.717) is 36.3 Å². The maximum atomic E-state index is 15.1. The maximum Gasteiger partial charge on any atom is 0.407 e. The minimum Gasteiger partial charge on any atom is -0.480 e. The Balaban J connectivity index is 1.35. The third kappa shape index (κ3) is 21.2. The number of aliphatic carboxylic acids is 2. The van der Waals surface area contributed by atoms with Gasteiger partial charge in [-0.05, 0) is 69.2 Å². The number of ether oxygens (including phenoxy) is 5. The van der Waals surface area contributed by atoms with E-state index in [0.717, 1.165) is 17.7 Å². The molecule has 10 N–H and O–H groups in total. The van der Waals surface area contributed by atoms with Gasteiger partial charge in [0.1, 0.15) is 54.3 Å². The Morgan fingerprint density at radius 2 is 1.44 bits per heavy atom. The number of nitrogens with zero attached hydrogens (tertiary/aromatic N) is 4. The van der Waals surface area contributed by atoms with E-state index in [1.807, 2.05) is 27.7 Å². The summed E-state index contributed by atoms with van der Waals surface area (Å²) in [7, 11) is 8.08. The van der Waals surface area contributed by atoms with E-state index in [9.17, 15) is 73.5 Å². The summed E-state index contributed by atoms with van der Waals surface area (Å²) in [6, 6.07) is 7.31. The van der Waals surface area contributed by atoms with Gasteiger partial charge in [-0.3, -0.25) is 43.3 Å². The first kappa shape index (κ1) is 80.6. The molecule has 30 nitrogen and oxygen atoms in total. The summed E-state index contributed by atoms with van der Waals surface area (Å²) in [6.45, 7) is 17.1. The Morgan fingerprint density at radius 1 is 0.796 bits per heavy atom. The molecule has 3 aliphatic rings. The fourth-order valence-electron chi connectivity index (χ4n) is 12.9. The average Bonchev–Trinajstić information content (AvgIpc) is 0.973. The number of quaternary nitrogens is 1. The zero-order valence-corrected chi connectivity index (χ0v) is 58.7. The van der Waals surface area contributed by atoms with Gasteiger partial charge in [-0.15, -0.1) is 0 Å². The zero-order chi connectivity index (χ0) is 73.4. The lowest BCUT2D eigenvalue weighted by atomic mass is 9.89. The largest absolute Gasteiger partial charge is 0.480 e. The van der Waals surface area contributed by atoms with Crippen LogP contribution in [-0.2, 0) is 79.9 Å². The number of carbonyl (C=O) groups excluding carboxylic acids is 9. The highest BCUT2D eigenvalue weighted by atomic mass is 16.7. The molecule has 3 heterocycles. The molecule has 2 fully saturated rings. The summed E-state index contributed by atoms with van der Waals surface area (Å²) in [5, 5.41) is 65.1. The minimum absolute atomic E-state index is 0.0560. The third-order valence-corrected chi connectivity index (χ3v) is 18.0. The summed E-state index contributed by atoms with van der Waals surface area (Å²) in [4.78, 5) is 152. The second-order valence-electron chi connectivity index (χ2n) is 27.6. The van der Waals surface area contributed by atoms with Gasteiger partial charge < -0.3 is 90.1 Å². The quantitative estimate of drug-likeness (QED) is 0.0352. The van der Waals surface area contributed by atoms with E-state index in [1.165, 1.54) is 31.3 Å². The van der Waals surface area contributed by atoms with Crippen LogP contribution in [0.25, 0.3) is 0 Å². The summed E-state index contributed by atoms with van der Waals surface area (Å²) >= 11 is 0. The predicted octanol–water partition coefficient (Wildman–Crippen LogP) is 1.69. The van der Waals surface area contributed by atoms with Gasteiger partial charge in [0.25, 0.3) is 17.7 Å². The predicted molar refractivity (Wildman–Crippen MR) is 354 cm³/mol. The number of nitrogens with one attached hydrogen (secondary N) is 5. The van der Waals surface area contributed by atoms with Crippen molar-refractivity contribution in [2.75, 3.05) is 60.3 Å². The van der Waals surface area contributed by atoms with Gasteiger partial charge in [-0.2, -0.15) is 0 Å². The normalized spacial score (nSPS) is 21.6. The fourth-order valence-corrected chi connectivity index (χ4v) is 12.9. The van der Waals surface area contributed by atoms with Crippen molar-refractivity contribution in [3.8, 4) is 5.75 Å². The number of hydrogen-bond donors (Lipinski definition) is 10. The number of aliphatic hydroxyl groups excluding tert-OH is 3. The van der Waals surface area contributed by atoms with E-state index in [4.69, 9.17) is 23.7 Å². The number of hydrogen-bond acceptors (Lipinski definition) is 19. The molecule has 2 saturated heterocycles. The topological polar surface area (TPSA) is 405 Å². The molecule has 0 saturated carbocycles. The Kier molecular flexibility index (Phi) is 29.2. The van der Waals surface area contributed by atoms with Crippen molar-refractivity contribution >= 4 is 71.0 Å². The fraction of sp³-hybridized carbons (Fsp3) is 0.632. The van der Waals surface area contributed by atoms with Crippen molar-refractivity contribution in [3.63, 3.8) is 0 Å². The molecular formula is C68H102N9O21+. The van der Waals surface area contributed by atoms with Crippen LogP contribution in [0.2, 0.25) is 0 Å². The van der Waals surface area contributed by atoms with E-state index in [-0.39, 0.29) is 53.0 Å². The number of imide groups is 1. The first-order chi connectivity index (χ1) is 45.9. The molecule has 0 unspecified atom stereocenters. The van der Waals surface area contributed by atoms with Crippen LogP contribution in [-0.4, -0.2) is 250 Å². The smallest absolute Gasteiger partial charge is 0.407 e. The Hall–Kier alpha value is -8.13. The lowest BCUT2D eigenvalue weighted by Gasteiger charge is -2.42. The molecule has 98 heavy (non-hydrogen) atoms. The highest BCUT2D eigenvalue weighted by molar-refractivity contribution is 6.15. The molecule has 0 aliphatic carbocycles. The second-order valence-corrected chi connectivity index (χ2v) is 27.6. The molecule has 15 atom stereocenters. The number of likely N-dealkylation sites (tertiary alicyclic amines) is 1. The van der Waals surface area contributed by atoms with Crippen LogP contribution in [0.1, 0.15) is 112 Å². The summed E-state index contributed by atoms with van der Waals surface area (Å²) in [5.74, 6) is -10.2. The molecule has 2 aromatic rings. The molecule has 0 radical (unpaired) electrons. The van der Waals surface area contributed by atoms with Crippen molar-refractivity contribution in [1.29, 1.82) is 0 Å². The lowest BCUT2D eigenvalue weighted by molar-refractivity contribution is -0.922. The molecule has 544 valence electrons. The van der Waals surface area contributed by atoms with Gasteiger partial charge in [-0.25, -0.2) is 14.4 Å². The zero-order valence-electron chi connectivity index (χ0n) is 58.7. The number of carbonyl (C=O) groups is 11. The number of likely N-dealkylation sites (N-methyl/N-ethyl adjacent to an activating group) is 2. The number of rotatable bonds is 34. The highest BCUT2D eigenvalue weighted by Gasteiger charge is 2.50. The summed E-state index contributed by atoms with van der Waals surface area (Å²) in [5.41, 5.74) is 0.166. The van der Waals surface area contributed by atoms with Gasteiger partial charge in [-0.1, -0.05) is 85.2 Å². The first-order valence-corrected chi connectivity index (χ1v) is 33.0. The number of carboxylic acids is 2. The third-order valence-electron chi connectivity index (χ3n) is 18.0. The van der Waals surface area contributed by atoms with Crippen molar-refractivity contribution < 1.29 is 106 Å². The van der Waals surface area contributed by atoms with Crippen LogP contribution >= 0.6 is 0 Å². The number of aliphatic hydroxyl groups is 3. The van der Waals surface area contributed by atoms with Crippen molar-refractivity contribution in [2.24, 2.45) is 23.7 Å². The number of benzene rings is 2. The van der Waals surface area contributed by atoms with Crippen molar-refractivity contribution in [1.82, 2.24) is 36.0 Å². The Labute approximate surface area is 572 Å². The molecule has 3 aliphatic heterocycles. The van der Waals surface area contributed by atoms with Crippen LogP contribution in [0, 0.1) is 23.7 Å². The van der Waals surface area contributed by atoms with E-state index < -0.39 is 175 Å². The molecule has 0 bridgehead atoms. The van der Waals surface area contributed by atoms with Gasteiger partial charge in [0.05, 0.1) is 63.0 Å². The van der Waals surface area contributed by atoms with Gasteiger partial charge >= 0.3 is 18.0 Å². The molecule has 5 rings (SSSR count). The second kappa shape index (κ2) is 35.6. The van der Waals surface area contributed by atoms with E-state index >= 15 is 4.79 Å². The number of methoxy groups -OCH3 is 2. The number of amides is 9. The Bertz CT molecular complexity index is 3160. The minimum atomic E-state index is -2.06. The van der Waals surface area contributed by atoms with Gasteiger partial charge in [0, 0.05) is 70.8 Å². The molecule has 30 heteroatoms. The Morgan fingerprint density at radius 3 is 2.00 bits per heavy atom. The van der Waals surface area contributed by atoms with E-state index in [2.05, 4.69) is 26.6 Å². The number of alkyl carbamates (subject to hydrolysis) is 1.